The van der Waals surface area contributed by atoms with Crippen molar-refractivity contribution in [1.29, 1.82) is 0 Å². The Morgan fingerprint density at radius 2 is 2.12 bits per heavy atom. The Bertz CT molecular complexity index is 950. The molecular weight excluding hydrogens is 324 g/mol. The van der Waals surface area contributed by atoms with Gasteiger partial charge in [0.05, 0.1) is 17.4 Å². The molecule has 0 spiro atoms. The molecule has 1 aromatic carbocycles. The van der Waals surface area contributed by atoms with Crippen LogP contribution in [0, 0.1) is 6.92 Å². The number of hydrogen-bond donors (Lipinski definition) is 2. The standard InChI is InChI=1S/C16H16N4O.C5H10/c1-3-7-20-15-14(19-16(20)21)9-13(10-17-15)18-12-6-4-5-11(2)8-12;1-3-5-4-2/h3-6,8-10,18H,1,7H2,2H3,(H,19,21);3,5H,4H2,1-2H3/b;5-3-. The highest BCUT2D eigenvalue weighted by Gasteiger charge is 2.07. The minimum Gasteiger partial charge on any atom is -0.354 e. The van der Waals surface area contributed by atoms with Gasteiger partial charge in [0.2, 0.25) is 0 Å². The van der Waals surface area contributed by atoms with Crippen LogP contribution in [-0.2, 0) is 6.54 Å². The number of nitrogens with zero attached hydrogens (tertiary/aromatic N) is 2. The van der Waals surface area contributed by atoms with E-state index >= 15 is 0 Å². The first-order valence-corrected chi connectivity index (χ1v) is 8.73. The molecule has 3 rings (SSSR count). The van der Waals surface area contributed by atoms with Gasteiger partial charge in [0, 0.05) is 12.2 Å². The fourth-order valence-corrected chi connectivity index (χ4v) is 2.54. The van der Waals surface area contributed by atoms with Crippen LogP contribution < -0.4 is 11.0 Å². The maximum absolute atomic E-state index is 11.8. The van der Waals surface area contributed by atoms with Crippen LogP contribution in [-0.4, -0.2) is 14.5 Å². The molecule has 0 aliphatic carbocycles. The Labute approximate surface area is 154 Å². The van der Waals surface area contributed by atoms with E-state index in [1.54, 1.807) is 16.8 Å². The first kappa shape index (κ1) is 19.2. The maximum atomic E-state index is 11.8. The Balaban J connectivity index is 0.000000431. The largest absolute Gasteiger partial charge is 0.354 e. The third-order valence-corrected chi connectivity index (χ3v) is 3.70. The number of pyridine rings is 1. The molecule has 0 unspecified atom stereocenters. The zero-order chi connectivity index (χ0) is 18.9. The van der Waals surface area contributed by atoms with Crippen LogP contribution in [0.25, 0.3) is 11.2 Å². The number of imidazole rings is 1. The predicted molar refractivity (Wildman–Crippen MR) is 110 cm³/mol. The molecule has 2 heterocycles. The number of fused-ring (bicyclic) bond motifs is 1. The second-order valence-electron chi connectivity index (χ2n) is 5.90. The van der Waals surface area contributed by atoms with Crippen molar-refractivity contribution in [3.05, 3.63) is 77.4 Å². The summed E-state index contributed by atoms with van der Waals surface area (Å²) < 4.78 is 1.55. The van der Waals surface area contributed by atoms with Gasteiger partial charge in [-0.25, -0.2) is 9.78 Å². The number of aryl methyl sites for hydroxylation is 1. The van der Waals surface area contributed by atoms with Gasteiger partial charge >= 0.3 is 5.69 Å². The van der Waals surface area contributed by atoms with Crippen molar-refractivity contribution >= 4 is 22.5 Å². The molecule has 0 aliphatic rings. The highest BCUT2D eigenvalue weighted by Crippen LogP contribution is 2.19. The van der Waals surface area contributed by atoms with Crippen LogP contribution in [0.4, 0.5) is 11.4 Å². The quantitative estimate of drug-likeness (QED) is 0.641. The molecule has 2 N–H and O–H groups in total. The van der Waals surface area contributed by atoms with E-state index in [4.69, 9.17) is 0 Å². The lowest BCUT2D eigenvalue weighted by Gasteiger charge is -2.07. The molecule has 136 valence electrons. The van der Waals surface area contributed by atoms with Crippen molar-refractivity contribution < 1.29 is 0 Å². The van der Waals surface area contributed by atoms with E-state index in [-0.39, 0.29) is 5.69 Å². The summed E-state index contributed by atoms with van der Waals surface area (Å²) in [6.45, 7) is 10.3. The number of aromatic nitrogens is 3. The molecule has 5 heteroatoms. The molecule has 2 aromatic heterocycles. The maximum Gasteiger partial charge on any atom is 0.327 e. The first-order valence-electron chi connectivity index (χ1n) is 8.73. The number of benzene rings is 1. The van der Waals surface area contributed by atoms with E-state index in [0.717, 1.165) is 17.8 Å². The Morgan fingerprint density at radius 3 is 2.73 bits per heavy atom. The van der Waals surface area contributed by atoms with Crippen LogP contribution in [0.3, 0.4) is 0 Å². The number of nitrogens with one attached hydrogen (secondary N) is 2. The Hall–Kier alpha value is -3.08. The van der Waals surface area contributed by atoms with Crippen LogP contribution in [0.15, 0.2) is 66.1 Å². The minimum atomic E-state index is -0.176. The van der Waals surface area contributed by atoms with Gasteiger partial charge in [0.25, 0.3) is 0 Å². The van der Waals surface area contributed by atoms with Gasteiger partial charge in [-0.1, -0.05) is 37.3 Å². The molecule has 5 nitrogen and oxygen atoms in total. The molecule has 0 amide bonds. The summed E-state index contributed by atoms with van der Waals surface area (Å²) in [4.78, 5) is 19.0. The van der Waals surface area contributed by atoms with E-state index in [2.05, 4.69) is 47.0 Å². The monoisotopic (exact) mass is 350 g/mol. The van der Waals surface area contributed by atoms with E-state index < -0.39 is 0 Å². The number of anilines is 2. The summed E-state index contributed by atoms with van der Waals surface area (Å²) in [5, 5.41) is 3.28. The third-order valence-electron chi connectivity index (χ3n) is 3.70. The van der Waals surface area contributed by atoms with E-state index in [1.165, 1.54) is 5.56 Å². The smallest absolute Gasteiger partial charge is 0.327 e. The highest BCUT2D eigenvalue weighted by atomic mass is 16.1. The molecule has 0 saturated carbocycles. The van der Waals surface area contributed by atoms with E-state index in [0.29, 0.717) is 17.7 Å². The molecule has 26 heavy (non-hydrogen) atoms. The predicted octanol–water partition coefficient (Wildman–Crippen LogP) is 4.94. The van der Waals surface area contributed by atoms with Gasteiger partial charge in [-0.05, 0) is 44.0 Å². The van der Waals surface area contributed by atoms with Crippen molar-refractivity contribution in [2.75, 3.05) is 5.32 Å². The first-order chi connectivity index (χ1) is 12.6. The van der Waals surface area contributed by atoms with Gasteiger partial charge in [-0.3, -0.25) is 4.57 Å². The van der Waals surface area contributed by atoms with Gasteiger partial charge in [-0.2, -0.15) is 0 Å². The summed E-state index contributed by atoms with van der Waals surface area (Å²) in [5.74, 6) is 0. The number of rotatable bonds is 5. The normalized spacial score (nSPS) is 10.6. The molecule has 0 aliphatic heterocycles. The van der Waals surface area contributed by atoms with E-state index in [9.17, 15) is 4.79 Å². The highest BCUT2D eigenvalue weighted by molar-refractivity contribution is 5.76. The number of aromatic amines is 1. The third kappa shape index (κ3) is 4.96. The average Bonchev–Trinajstić information content (AvgIpc) is 2.92. The van der Waals surface area contributed by atoms with Crippen molar-refractivity contribution in [2.24, 2.45) is 0 Å². The lowest BCUT2D eigenvalue weighted by atomic mass is 10.2. The minimum absolute atomic E-state index is 0.176. The molecule has 0 atom stereocenters. The summed E-state index contributed by atoms with van der Waals surface area (Å²) >= 11 is 0. The van der Waals surface area contributed by atoms with E-state index in [1.807, 2.05) is 38.1 Å². The van der Waals surface area contributed by atoms with Gasteiger partial charge in [0.1, 0.15) is 0 Å². The SMILES string of the molecule is C/C=C\CC.C=CCn1c(=O)[nH]c2cc(Nc3cccc(C)c3)cnc21. The molecule has 0 radical (unpaired) electrons. The zero-order valence-corrected chi connectivity index (χ0v) is 15.6. The summed E-state index contributed by atoms with van der Waals surface area (Å²) in [5.41, 5.74) is 4.17. The Kier molecular flexibility index (Phi) is 6.97. The number of hydrogen-bond acceptors (Lipinski definition) is 3. The summed E-state index contributed by atoms with van der Waals surface area (Å²) in [6, 6.07) is 9.95. The molecule has 0 bridgehead atoms. The lowest BCUT2D eigenvalue weighted by molar-refractivity contribution is 0.799. The molecular formula is C21H26N4O. The fourth-order valence-electron chi connectivity index (χ4n) is 2.54. The van der Waals surface area contributed by atoms with Gasteiger partial charge in [0.15, 0.2) is 5.65 Å². The lowest BCUT2D eigenvalue weighted by Crippen LogP contribution is -2.15. The topological polar surface area (TPSA) is 62.7 Å². The summed E-state index contributed by atoms with van der Waals surface area (Å²) in [7, 11) is 0. The molecule has 0 fully saturated rings. The molecule has 3 aromatic rings. The average molecular weight is 350 g/mol. The number of H-pyrrole nitrogens is 1. The second kappa shape index (κ2) is 9.42. The van der Waals surface area contributed by atoms with Crippen LogP contribution >= 0.6 is 0 Å². The van der Waals surface area contributed by atoms with Gasteiger partial charge < -0.3 is 10.3 Å². The molecule has 0 saturated heterocycles. The van der Waals surface area contributed by atoms with Crippen LogP contribution in [0.1, 0.15) is 25.8 Å². The zero-order valence-electron chi connectivity index (χ0n) is 15.6. The fraction of sp³-hybridized carbons (Fsp3) is 0.238. The Morgan fingerprint density at radius 1 is 1.31 bits per heavy atom. The van der Waals surface area contributed by atoms with Crippen molar-refractivity contribution in [3.8, 4) is 0 Å². The van der Waals surface area contributed by atoms with Crippen molar-refractivity contribution in [1.82, 2.24) is 14.5 Å². The second-order valence-corrected chi connectivity index (χ2v) is 5.90. The van der Waals surface area contributed by atoms with Gasteiger partial charge in [-0.15, -0.1) is 6.58 Å². The number of allylic oxidation sites excluding steroid dienone is 3. The van der Waals surface area contributed by atoms with Crippen molar-refractivity contribution in [3.63, 3.8) is 0 Å². The van der Waals surface area contributed by atoms with Crippen LogP contribution in [0.2, 0.25) is 0 Å². The summed E-state index contributed by atoms with van der Waals surface area (Å²) in [6.07, 6.45) is 8.74. The van der Waals surface area contributed by atoms with Crippen LogP contribution in [0.5, 0.6) is 0 Å². The van der Waals surface area contributed by atoms with Crippen molar-refractivity contribution in [2.45, 2.75) is 33.7 Å².